The molecule has 0 fully saturated rings. The van der Waals surface area contributed by atoms with Gasteiger partial charge < -0.3 is 4.74 Å². The number of nitrogens with one attached hydrogen (secondary N) is 1. The van der Waals surface area contributed by atoms with E-state index in [1.165, 1.54) is 19.5 Å². The first kappa shape index (κ1) is 19.9. The van der Waals surface area contributed by atoms with E-state index in [0.29, 0.717) is 0 Å². The maximum atomic E-state index is 13.9. The van der Waals surface area contributed by atoms with Crippen LogP contribution < -0.4 is 5.32 Å². The first-order valence-electron chi connectivity index (χ1n) is 7.33. The molecule has 0 aliphatic carbocycles. The lowest BCUT2D eigenvalue weighted by molar-refractivity contribution is 0.0520. The summed E-state index contributed by atoms with van der Waals surface area (Å²) < 4.78 is 43.8. The first-order valence-corrected chi connectivity index (χ1v) is 9.65. The topological polar surface area (TPSA) is 106 Å². The van der Waals surface area contributed by atoms with Gasteiger partial charge in [-0.15, -0.1) is 11.3 Å². The summed E-state index contributed by atoms with van der Waals surface area (Å²) in [5.41, 5.74) is -0.0261. The highest BCUT2D eigenvalue weighted by Crippen LogP contribution is 2.21. The zero-order valence-electron chi connectivity index (χ0n) is 14.1. The number of benzene rings is 1. The summed E-state index contributed by atoms with van der Waals surface area (Å²) in [7, 11) is -1.53. The van der Waals surface area contributed by atoms with E-state index in [9.17, 15) is 22.4 Å². The Morgan fingerprint density at radius 2 is 2.04 bits per heavy atom. The first-order chi connectivity index (χ1) is 12.2. The van der Waals surface area contributed by atoms with E-state index in [0.717, 1.165) is 33.8 Å². The number of amides is 1. The van der Waals surface area contributed by atoms with Crippen LogP contribution in [0.2, 0.25) is 0 Å². The van der Waals surface area contributed by atoms with Crippen LogP contribution >= 0.6 is 11.3 Å². The fourth-order valence-corrected chi connectivity index (χ4v) is 3.50. The van der Waals surface area contributed by atoms with E-state index in [-0.39, 0.29) is 23.0 Å². The summed E-state index contributed by atoms with van der Waals surface area (Å²) in [6.07, 6.45) is 0. The SMILES string of the molecule is CCOC(=O)c1csc(NC(=O)c2ccc(F)c(S(=O)(=O)N(C)C)c2)n1. The minimum absolute atomic E-state index is 0.0436. The van der Waals surface area contributed by atoms with Gasteiger partial charge in [0.15, 0.2) is 10.8 Å². The number of ether oxygens (including phenoxy) is 1. The van der Waals surface area contributed by atoms with E-state index in [4.69, 9.17) is 4.74 Å². The maximum absolute atomic E-state index is 13.9. The third kappa shape index (κ3) is 4.23. The fourth-order valence-electron chi connectivity index (χ4n) is 1.84. The van der Waals surface area contributed by atoms with Crippen molar-refractivity contribution in [3.63, 3.8) is 0 Å². The quantitative estimate of drug-likeness (QED) is 0.742. The van der Waals surface area contributed by atoms with Crippen molar-refractivity contribution in [1.29, 1.82) is 0 Å². The normalized spacial score (nSPS) is 11.4. The van der Waals surface area contributed by atoms with Gasteiger partial charge in [0, 0.05) is 25.0 Å². The lowest BCUT2D eigenvalue weighted by atomic mass is 10.2. The molecule has 1 heterocycles. The molecule has 0 unspecified atom stereocenters. The van der Waals surface area contributed by atoms with Gasteiger partial charge in [0.2, 0.25) is 10.0 Å². The number of hydrogen-bond donors (Lipinski definition) is 1. The predicted molar refractivity (Wildman–Crippen MR) is 93.3 cm³/mol. The van der Waals surface area contributed by atoms with Gasteiger partial charge in [-0.2, -0.15) is 0 Å². The molecule has 1 amide bonds. The van der Waals surface area contributed by atoms with E-state index < -0.39 is 32.6 Å². The second-order valence-electron chi connectivity index (χ2n) is 5.15. The molecule has 26 heavy (non-hydrogen) atoms. The van der Waals surface area contributed by atoms with Gasteiger partial charge in [0.05, 0.1) is 6.61 Å². The molecule has 0 aliphatic heterocycles. The molecule has 0 aliphatic rings. The highest BCUT2D eigenvalue weighted by atomic mass is 32.2. The standard InChI is InChI=1S/C15H16FN3O5S2/c1-4-24-14(21)11-8-25-15(17-11)18-13(20)9-5-6-10(16)12(7-9)26(22,23)19(2)3/h5-8H,4H2,1-3H3,(H,17,18,20). The zero-order valence-corrected chi connectivity index (χ0v) is 15.8. The predicted octanol–water partition coefficient (Wildman–Crippen LogP) is 1.96. The smallest absolute Gasteiger partial charge is 0.357 e. The van der Waals surface area contributed by atoms with Crippen LogP contribution in [0.3, 0.4) is 0 Å². The lowest BCUT2D eigenvalue weighted by Gasteiger charge is -2.13. The number of esters is 1. The van der Waals surface area contributed by atoms with E-state index in [1.54, 1.807) is 6.92 Å². The number of anilines is 1. The van der Waals surface area contributed by atoms with Gasteiger partial charge in [0.25, 0.3) is 5.91 Å². The second-order valence-corrected chi connectivity index (χ2v) is 8.12. The zero-order chi connectivity index (χ0) is 19.5. The van der Waals surface area contributed by atoms with Crippen molar-refractivity contribution >= 4 is 38.4 Å². The molecule has 11 heteroatoms. The largest absolute Gasteiger partial charge is 0.461 e. The van der Waals surface area contributed by atoms with Gasteiger partial charge in [0.1, 0.15) is 10.7 Å². The summed E-state index contributed by atoms with van der Waals surface area (Å²) in [4.78, 5) is 27.2. The highest BCUT2D eigenvalue weighted by Gasteiger charge is 2.24. The van der Waals surface area contributed by atoms with Crippen LogP contribution in [0, 0.1) is 5.82 Å². The Bertz CT molecular complexity index is 941. The van der Waals surface area contributed by atoms with Crippen molar-refractivity contribution in [1.82, 2.24) is 9.29 Å². The van der Waals surface area contributed by atoms with Gasteiger partial charge >= 0.3 is 5.97 Å². The van der Waals surface area contributed by atoms with Gasteiger partial charge in [-0.1, -0.05) is 0 Å². The molecule has 1 N–H and O–H groups in total. The third-order valence-electron chi connectivity index (χ3n) is 3.16. The second kappa shape index (κ2) is 7.89. The Morgan fingerprint density at radius 3 is 2.65 bits per heavy atom. The molecule has 2 aromatic rings. The van der Waals surface area contributed by atoms with Crippen molar-refractivity contribution in [3.8, 4) is 0 Å². The average molecular weight is 401 g/mol. The Labute approximate surface area is 153 Å². The van der Waals surface area contributed by atoms with Crippen molar-refractivity contribution in [2.24, 2.45) is 0 Å². The van der Waals surface area contributed by atoms with E-state index in [2.05, 4.69) is 10.3 Å². The molecule has 140 valence electrons. The summed E-state index contributed by atoms with van der Waals surface area (Å²) in [6.45, 7) is 1.84. The number of hydrogen-bond acceptors (Lipinski definition) is 7. The third-order valence-corrected chi connectivity index (χ3v) is 5.75. The van der Waals surface area contributed by atoms with Crippen molar-refractivity contribution < 1.29 is 27.1 Å². The molecule has 0 spiro atoms. The van der Waals surface area contributed by atoms with Crippen molar-refractivity contribution in [3.05, 3.63) is 40.7 Å². The molecule has 0 saturated heterocycles. The number of carbonyl (C=O) groups is 2. The molecule has 0 bridgehead atoms. The van der Waals surface area contributed by atoms with E-state index in [1.807, 2.05) is 0 Å². The highest BCUT2D eigenvalue weighted by molar-refractivity contribution is 7.89. The lowest BCUT2D eigenvalue weighted by Crippen LogP contribution is -2.24. The van der Waals surface area contributed by atoms with Crippen LogP contribution in [0.25, 0.3) is 0 Å². The minimum Gasteiger partial charge on any atom is -0.461 e. The molecule has 0 radical (unpaired) electrons. The monoisotopic (exact) mass is 401 g/mol. The van der Waals surface area contributed by atoms with Crippen molar-refractivity contribution in [2.45, 2.75) is 11.8 Å². The molecular formula is C15H16FN3O5S2. The average Bonchev–Trinajstić information content (AvgIpc) is 3.03. The number of halogens is 1. The number of carbonyl (C=O) groups excluding carboxylic acids is 2. The fraction of sp³-hybridized carbons (Fsp3) is 0.267. The van der Waals surface area contributed by atoms with Crippen molar-refractivity contribution in [2.75, 3.05) is 26.0 Å². The Hall–Kier alpha value is -2.37. The summed E-state index contributed by atoms with van der Waals surface area (Å²) in [6, 6.07) is 3.00. The molecule has 0 atom stereocenters. The van der Waals surface area contributed by atoms with Crippen LogP contribution in [0.1, 0.15) is 27.8 Å². The van der Waals surface area contributed by atoms with Crippen LogP contribution in [-0.2, 0) is 14.8 Å². The van der Waals surface area contributed by atoms with Crippen LogP contribution in [-0.4, -0.2) is 50.3 Å². The number of sulfonamides is 1. The van der Waals surface area contributed by atoms with Gasteiger partial charge in [-0.25, -0.2) is 26.9 Å². The molecule has 0 saturated carbocycles. The van der Waals surface area contributed by atoms with Gasteiger partial charge in [-0.3, -0.25) is 10.1 Å². The Kier molecular flexibility index (Phi) is 6.05. The maximum Gasteiger partial charge on any atom is 0.357 e. The van der Waals surface area contributed by atoms with E-state index >= 15 is 0 Å². The Morgan fingerprint density at radius 1 is 1.35 bits per heavy atom. The molecule has 1 aromatic heterocycles. The Balaban J connectivity index is 2.25. The van der Waals surface area contributed by atoms with Crippen LogP contribution in [0.4, 0.5) is 9.52 Å². The molecule has 1 aromatic carbocycles. The summed E-state index contributed by atoms with van der Waals surface area (Å²) in [5.74, 6) is -2.27. The molecule has 2 rings (SSSR count). The number of thiazole rings is 1. The summed E-state index contributed by atoms with van der Waals surface area (Å²) in [5, 5.41) is 3.97. The molecular weight excluding hydrogens is 385 g/mol. The minimum atomic E-state index is -4.05. The van der Waals surface area contributed by atoms with Crippen LogP contribution in [0.15, 0.2) is 28.5 Å². The van der Waals surface area contributed by atoms with Gasteiger partial charge in [-0.05, 0) is 25.1 Å². The summed E-state index contributed by atoms with van der Waals surface area (Å²) >= 11 is 1.00. The molecule has 8 nitrogen and oxygen atoms in total. The number of aromatic nitrogens is 1. The number of rotatable bonds is 6. The number of nitrogens with zero attached hydrogens (tertiary/aromatic N) is 2. The van der Waals surface area contributed by atoms with Crippen LogP contribution in [0.5, 0.6) is 0 Å².